The minimum atomic E-state index is 0.642. The van der Waals surface area contributed by atoms with E-state index in [1.165, 1.54) is 5.56 Å². The standard InChI is InChI=1S/C21H27N5OS/c1-5-22-21(26(4)12-19-14-28-16(3)24-19)23-11-10-18-13-27-20(25-18)17-8-6-15(2)7-9-17/h6-9,13-14H,5,10-12H2,1-4H3,(H,22,23). The molecule has 2 heterocycles. The summed E-state index contributed by atoms with van der Waals surface area (Å²) < 4.78 is 5.63. The van der Waals surface area contributed by atoms with Crippen molar-refractivity contribution in [2.24, 2.45) is 4.99 Å². The van der Waals surface area contributed by atoms with Gasteiger partial charge in [-0.3, -0.25) is 4.99 Å². The van der Waals surface area contributed by atoms with Gasteiger partial charge in [-0.25, -0.2) is 9.97 Å². The molecule has 1 aromatic carbocycles. The van der Waals surface area contributed by atoms with Gasteiger partial charge in [0, 0.05) is 37.5 Å². The number of aromatic nitrogens is 2. The maximum atomic E-state index is 5.63. The third-order valence-electron chi connectivity index (χ3n) is 4.24. The molecule has 0 spiro atoms. The Kier molecular flexibility index (Phi) is 6.81. The van der Waals surface area contributed by atoms with E-state index in [1.54, 1.807) is 17.6 Å². The first-order chi connectivity index (χ1) is 13.5. The molecule has 148 valence electrons. The number of hydrogen-bond donors (Lipinski definition) is 1. The normalized spacial score (nSPS) is 11.6. The molecule has 0 saturated heterocycles. The minimum absolute atomic E-state index is 0.642. The number of aryl methyl sites for hydroxylation is 2. The van der Waals surface area contributed by atoms with E-state index < -0.39 is 0 Å². The van der Waals surface area contributed by atoms with E-state index in [2.05, 4.69) is 51.5 Å². The van der Waals surface area contributed by atoms with Crippen LogP contribution in [0.3, 0.4) is 0 Å². The Morgan fingerprint density at radius 1 is 1.18 bits per heavy atom. The number of nitrogens with one attached hydrogen (secondary N) is 1. The average Bonchev–Trinajstić information content (AvgIpc) is 3.31. The van der Waals surface area contributed by atoms with Gasteiger partial charge in [0.1, 0.15) is 6.26 Å². The summed E-state index contributed by atoms with van der Waals surface area (Å²) in [7, 11) is 2.03. The highest BCUT2D eigenvalue weighted by Gasteiger charge is 2.10. The van der Waals surface area contributed by atoms with Crippen LogP contribution < -0.4 is 5.32 Å². The summed E-state index contributed by atoms with van der Waals surface area (Å²) in [4.78, 5) is 15.9. The molecule has 0 bridgehead atoms. The molecule has 1 N–H and O–H groups in total. The lowest BCUT2D eigenvalue weighted by atomic mass is 10.1. The molecule has 0 amide bonds. The molecule has 0 aliphatic heterocycles. The van der Waals surface area contributed by atoms with Crippen LogP contribution in [0.5, 0.6) is 0 Å². The fourth-order valence-electron chi connectivity index (χ4n) is 2.80. The molecule has 3 aromatic rings. The predicted octanol–water partition coefficient (Wildman–Crippen LogP) is 4.05. The second-order valence-corrected chi connectivity index (χ2v) is 7.77. The quantitative estimate of drug-likeness (QED) is 0.481. The number of oxazole rings is 1. The number of hydrogen-bond acceptors (Lipinski definition) is 5. The maximum Gasteiger partial charge on any atom is 0.226 e. The van der Waals surface area contributed by atoms with Crippen LogP contribution >= 0.6 is 11.3 Å². The molecule has 0 fully saturated rings. The van der Waals surface area contributed by atoms with Crippen LogP contribution in [0.2, 0.25) is 0 Å². The Labute approximate surface area is 170 Å². The lowest BCUT2D eigenvalue weighted by molar-refractivity contribution is 0.471. The third kappa shape index (κ3) is 5.42. The zero-order valence-electron chi connectivity index (χ0n) is 16.9. The summed E-state index contributed by atoms with van der Waals surface area (Å²) in [5.74, 6) is 1.53. The van der Waals surface area contributed by atoms with E-state index in [9.17, 15) is 0 Å². The summed E-state index contributed by atoms with van der Waals surface area (Å²) in [5.41, 5.74) is 4.19. The van der Waals surface area contributed by atoms with Crippen molar-refractivity contribution in [2.45, 2.75) is 33.7 Å². The van der Waals surface area contributed by atoms with Gasteiger partial charge in [0.05, 0.1) is 22.9 Å². The van der Waals surface area contributed by atoms with E-state index >= 15 is 0 Å². The molecule has 0 aliphatic rings. The molecule has 7 heteroatoms. The predicted molar refractivity (Wildman–Crippen MR) is 115 cm³/mol. The lowest BCUT2D eigenvalue weighted by Crippen LogP contribution is -2.38. The van der Waals surface area contributed by atoms with Crippen molar-refractivity contribution in [2.75, 3.05) is 20.1 Å². The second-order valence-electron chi connectivity index (χ2n) is 6.71. The molecule has 3 rings (SSSR count). The number of rotatable bonds is 7. The van der Waals surface area contributed by atoms with Crippen LogP contribution in [0.1, 0.15) is 28.9 Å². The van der Waals surface area contributed by atoms with E-state index in [4.69, 9.17) is 9.41 Å². The number of guanidine groups is 1. The van der Waals surface area contributed by atoms with Crippen molar-refractivity contribution in [1.29, 1.82) is 0 Å². The number of thiazole rings is 1. The van der Waals surface area contributed by atoms with Crippen LogP contribution in [0.25, 0.3) is 11.5 Å². The van der Waals surface area contributed by atoms with Crippen LogP contribution in [-0.4, -0.2) is 41.0 Å². The van der Waals surface area contributed by atoms with Gasteiger partial charge in [-0.05, 0) is 32.9 Å². The van der Waals surface area contributed by atoms with Gasteiger partial charge in [-0.15, -0.1) is 11.3 Å². The summed E-state index contributed by atoms with van der Waals surface area (Å²) in [6.07, 6.45) is 2.45. The highest BCUT2D eigenvalue weighted by molar-refractivity contribution is 7.09. The Balaban J connectivity index is 1.59. The van der Waals surface area contributed by atoms with Crippen molar-refractivity contribution in [1.82, 2.24) is 20.2 Å². The van der Waals surface area contributed by atoms with Gasteiger partial charge < -0.3 is 14.6 Å². The summed E-state index contributed by atoms with van der Waals surface area (Å²) in [5, 5.41) is 6.52. The van der Waals surface area contributed by atoms with Crippen molar-refractivity contribution < 1.29 is 4.42 Å². The fourth-order valence-corrected chi connectivity index (χ4v) is 3.40. The average molecular weight is 398 g/mol. The summed E-state index contributed by atoms with van der Waals surface area (Å²) in [6, 6.07) is 8.18. The van der Waals surface area contributed by atoms with Crippen molar-refractivity contribution in [3.05, 3.63) is 57.9 Å². The zero-order valence-corrected chi connectivity index (χ0v) is 17.7. The highest BCUT2D eigenvalue weighted by atomic mass is 32.1. The second kappa shape index (κ2) is 9.50. The largest absolute Gasteiger partial charge is 0.444 e. The Bertz CT molecular complexity index is 913. The first-order valence-corrected chi connectivity index (χ1v) is 10.3. The smallest absolute Gasteiger partial charge is 0.226 e. The number of nitrogens with zero attached hydrogens (tertiary/aromatic N) is 4. The molecule has 2 aromatic heterocycles. The summed E-state index contributed by atoms with van der Waals surface area (Å²) in [6.45, 7) is 8.36. The van der Waals surface area contributed by atoms with E-state index in [1.807, 2.05) is 26.1 Å². The third-order valence-corrected chi connectivity index (χ3v) is 5.06. The Morgan fingerprint density at radius 3 is 2.64 bits per heavy atom. The summed E-state index contributed by atoms with van der Waals surface area (Å²) >= 11 is 1.67. The first-order valence-electron chi connectivity index (χ1n) is 9.47. The van der Waals surface area contributed by atoms with E-state index in [-0.39, 0.29) is 0 Å². The zero-order chi connectivity index (χ0) is 19.9. The molecule has 6 nitrogen and oxygen atoms in total. The van der Waals surface area contributed by atoms with Gasteiger partial charge in [-0.1, -0.05) is 17.7 Å². The van der Waals surface area contributed by atoms with Crippen LogP contribution in [0.15, 0.2) is 45.3 Å². The molecule has 28 heavy (non-hydrogen) atoms. The van der Waals surface area contributed by atoms with E-state index in [0.717, 1.165) is 47.4 Å². The monoisotopic (exact) mass is 397 g/mol. The fraction of sp³-hybridized carbons (Fsp3) is 0.381. The number of aliphatic imine (C=N–C) groups is 1. The molecule has 0 saturated carbocycles. The van der Waals surface area contributed by atoms with Gasteiger partial charge >= 0.3 is 0 Å². The molecule has 0 unspecified atom stereocenters. The molecular weight excluding hydrogens is 370 g/mol. The molecule has 0 atom stereocenters. The topological polar surface area (TPSA) is 66.6 Å². The van der Waals surface area contributed by atoms with Gasteiger partial charge in [0.2, 0.25) is 5.89 Å². The van der Waals surface area contributed by atoms with Crippen molar-refractivity contribution in [3.63, 3.8) is 0 Å². The Morgan fingerprint density at radius 2 is 1.96 bits per heavy atom. The van der Waals surface area contributed by atoms with Gasteiger partial charge in [0.15, 0.2) is 5.96 Å². The van der Waals surface area contributed by atoms with Gasteiger partial charge in [-0.2, -0.15) is 0 Å². The highest BCUT2D eigenvalue weighted by Crippen LogP contribution is 2.19. The number of benzene rings is 1. The molecular formula is C21H27N5OS. The Hall–Kier alpha value is -2.67. The molecule has 0 radical (unpaired) electrons. The van der Waals surface area contributed by atoms with Crippen molar-refractivity contribution in [3.8, 4) is 11.5 Å². The lowest BCUT2D eigenvalue weighted by Gasteiger charge is -2.21. The van der Waals surface area contributed by atoms with Crippen LogP contribution in [-0.2, 0) is 13.0 Å². The minimum Gasteiger partial charge on any atom is -0.444 e. The van der Waals surface area contributed by atoms with Crippen molar-refractivity contribution >= 4 is 17.3 Å². The van der Waals surface area contributed by atoms with Gasteiger partial charge in [0.25, 0.3) is 0 Å². The SMILES string of the molecule is CCNC(=NCCc1coc(-c2ccc(C)cc2)n1)N(C)Cc1csc(C)n1. The molecule has 0 aliphatic carbocycles. The first kappa shape index (κ1) is 20.1. The van der Waals surface area contributed by atoms with Crippen LogP contribution in [0.4, 0.5) is 0 Å². The van der Waals surface area contributed by atoms with E-state index in [0.29, 0.717) is 12.4 Å². The maximum absolute atomic E-state index is 5.63. The van der Waals surface area contributed by atoms with Crippen LogP contribution in [0, 0.1) is 13.8 Å².